The Hall–Kier alpha value is -1.44. The Bertz CT molecular complexity index is 243. The van der Waals surface area contributed by atoms with Crippen molar-refractivity contribution in [2.45, 2.75) is 0 Å². The zero-order valence-electron chi connectivity index (χ0n) is 6.38. The normalized spacial score (nSPS) is 9.09. The minimum atomic E-state index is 0.744. The van der Waals surface area contributed by atoms with Gasteiger partial charge in [0, 0.05) is 6.54 Å². The van der Waals surface area contributed by atoms with Gasteiger partial charge in [-0.05, 0) is 12.1 Å². The quantitative estimate of drug-likeness (QED) is 0.507. The van der Waals surface area contributed by atoms with Crippen molar-refractivity contribution in [1.82, 2.24) is 0 Å². The van der Waals surface area contributed by atoms with Gasteiger partial charge in [-0.2, -0.15) is 0 Å². The van der Waals surface area contributed by atoms with Crippen LogP contribution < -0.4 is 11.1 Å². The second kappa shape index (κ2) is 3.66. The maximum absolute atomic E-state index is 5.66. The number of anilines is 2. The zero-order chi connectivity index (χ0) is 8.10. The van der Waals surface area contributed by atoms with Crippen LogP contribution in [0.15, 0.2) is 36.9 Å². The predicted octanol–water partition coefficient (Wildman–Crippen LogP) is 1.87. The summed E-state index contributed by atoms with van der Waals surface area (Å²) in [5.41, 5.74) is 7.40. The summed E-state index contributed by atoms with van der Waals surface area (Å²) >= 11 is 0. The minimum Gasteiger partial charge on any atom is -0.397 e. The van der Waals surface area contributed by atoms with E-state index in [4.69, 9.17) is 5.73 Å². The van der Waals surface area contributed by atoms with E-state index >= 15 is 0 Å². The second-order valence-electron chi connectivity index (χ2n) is 2.26. The Morgan fingerprint density at radius 1 is 1.45 bits per heavy atom. The summed E-state index contributed by atoms with van der Waals surface area (Å²) in [6.45, 7) is 4.35. The van der Waals surface area contributed by atoms with Crippen molar-refractivity contribution in [2.24, 2.45) is 0 Å². The van der Waals surface area contributed by atoms with Crippen molar-refractivity contribution in [3.63, 3.8) is 0 Å². The third-order valence-electron chi connectivity index (χ3n) is 1.40. The third kappa shape index (κ3) is 2.00. The van der Waals surface area contributed by atoms with E-state index in [0.717, 1.165) is 17.9 Å². The molecule has 0 aliphatic rings. The van der Waals surface area contributed by atoms with E-state index in [-0.39, 0.29) is 0 Å². The highest BCUT2D eigenvalue weighted by Gasteiger charge is 1.92. The minimum absolute atomic E-state index is 0.744. The number of nitrogens with two attached hydrogens (primary N) is 1. The Kier molecular flexibility index (Phi) is 2.55. The highest BCUT2D eigenvalue weighted by atomic mass is 14.9. The van der Waals surface area contributed by atoms with Crippen molar-refractivity contribution in [2.75, 3.05) is 17.6 Å². The van der Waals surface area contributed by atoms with Gasteiger partial charge in [-0.15, -0.1) is 6.58 Å². The first kappa shape index (κ1) is 7.66. The number of hydrogen-bond acceptors (Lipinski definition) is 2. The summed E-state index contributed by atoms with van der Waals surface area (Å²) in [5, 5.41) is 3.12. The summed E-state index contributed by atoms with van der Waals surface area (Å²) in [5.74, 6) is 0. The van der Waals surface area contributed by atoms with Crippen LogP contribution in [0.1, 0.15) is 0 Å². The fourth-order valence-corrected chi connectivity index (χ4v) is 0.840. The first-order valence-electron chi connectivity index (χ1n) is 3.54. The Morgan fingerprint density at radius 2 is 2.18 bits per heavy atom. The van der Waals surface area contributed by atoms with Crippen molar-refractivity contribution in [3.05, 3.63) is 36.9 Å². The van der Waals surface area contributed by atoms with Crippen LogP contribution in [0.4, 0.5) is 11.4 Å². The van der Waals surface area contributed by atoms with Gasteiger partial charge in [0.05, 0.1) is 11.4 Å². The average molecular weight is 148 g/mol. The molecule has 1 aromatic rings. The maximum Gasteiger partial charge on any atom is 0.0576 e. The molecular weight excluding hydrogens is 136 g/mol. The largest absolute Gasteiger partial charge is 0.397 e. The van der Waals surface area contributed by atoms with Crippen LogP contribution in [0.5, 0.6) is 0 Å². The molecule has 2 heteroatoms. The molecule has 1 rings (SSSR count). The fourth-order valence-electron chi connectivity index (χ4n) is 0.840. The summed E-state index contributed by atoms with van der Waals surface area (Å²) < 4.78 is 0. The highest BCUT2D eigenvalue weighted by molar-refractivity contribution is 5.65. The molecule has 0 radical (unpaired) electrons. The highest BCUT2D eigenvalue weighted by Crippen LogP contribution is 2.15. The van der Waals surface area contributed by atoms with E-state index in [1.165, 1.54) is 0 Å². The summed E-state index contributed by atoms with van der Waals surface area (Å²) in [7, 11) is 0. The number of para-hydroxylation sites is 2. The van der Waals surface area contributed by atoms with Crippen molar-refractivity contribution in [3.8, 4) is 0 Å². The topological polar surface area (TPSA) is 38.0 Å². The van der Waals surface area contributed by atoms with E-state index in [2.05, 4.69) is 11.9 Å². The summed E-state index contributed by atoms with van der Waals surface area (Å²) in [4.78, 5) is 0. The van der Waals surface area contributed by atoms with Gasteiger partial charge in [-0.25, -0.2) is 0 Å². The number of nitrogens with one attached hydrogen (secondary N) is 1. The van der Waals surface area contributed by atoms with Crippen molar-refractivity contribution < 1.29 is 0 Å². The predicted molar refractivity (Wildman–Crippen MR) is 49.5 cm³/mol. The van der Waals surface area contributed by atoms with Gasteiger partial charge in [-0.1, -0.05) is 18.2 Å². The molecule has 3 N–H and O–H groups in total. The third-order valence-corrected chi connectivity index (χ3v) is 1.40. The molecule has 0 fully saturated rings. The van der Waals surface area contributed by atoms with Crippen LogP contribution in [-0.4, -0.2) is 6.54 Å². The molecule has 1 aromatic carbocycles. The molecule has 0 saturated carbocycles. The molecule has 0 atom stereocenters. The molecule has 0 spiro atoms. The van der Waals surface area contributed by atoms with Crippen LogP contribution in [0.3, 0.4) is 0 Å². The fraction of sp³-hybridized carbons (Fsp3) is 0.111. The van der Waals surface area contributed by atoms with E-state index in [9.17, 15) is 0 Å². The molecule has 0 saturated heterocycles. The molecule has 0 heterocycles. The van der Waals surface area contributed by atoms with Gasteiger partial charge in [0.1, 0.15) is 0 Å². The average Bonchev–Trinajstić information content (AvgIpc) is 2.03. The molecule has 58 valence electrons. The number of rotatable bonds is 3. The standard InChI is InChI=1S/C9H12N2/c1-2-7-11-9-6-4-3-5-8(9)10/h2-6,11H,1,7,10H2. The molecule has 0 aromatic heterocycles. The van der Waals surface area contributed by atoms with Gasteiger partial charge in [0.15, 0.2) is 0 Å². The smallest absolute Gasteiger partial charge is 0.0576 e. The molecule has 0 aliphatic carbocycles. The Morgan fingerprint density at radius 3 is 2.82 bits per heavy atom. The van der Waals surface area contributed by atoms with Gasteiger partial charge in [0.25, 0.3) is 0 Å². The summed E-state index contributed by atoms with van der Waals surface area (Å²) in [6, 6.07) is 7.67. The first-order valence-corrected chi connectivity index (χ1v) is 3.54. The molecule has 0 unspecified atom stereocenters. The second-order valence-corrected chi connectivity index (χ2v) is 2.26. The lowest BCUT2D eigenvalue weighted by Crippen LogP contribution is -2.00. The Labute approximate surface area is 66.7 Å². The van der Waals surface area contributed by atoms with E-state index in [1.807, 2.05) is 24.3 Å². The van der Waals surface area contributed by atoms with Crippen LogP contribution in [-0.2, 0) is 0 Å². The molecular formula is C9H12N2. The summed E-state index contributed by atoms with van der Waals surface area (Å²) in [6.07, 6.45) is 1.80. The van der Waals surface area contributed by atoms with Crippen LogP contribution in [0, 0.1) is 0 Å². The van der Waals surface area contributed by atoms with Crippen LogP contribution in [0.25, 0.3) is 0 Å². The molecule has 2 nitrogen and oxygen atoms in total. The lowest BCUT2D eigenvalue weighted by molar-refractivity contribution is 1.34. The van der Waals surface area contributed by atoms with Crippen molar-refractivity contribution >= 4 is 11.4 Å². The van der Waals surface area contributed by atoms with Gasteiger partial charge in [-0.3, -0.25) is 0 Å². The van der Waals surface area contributed by atoms with E-state index < -0.39 is 0 Å². The molecule has 11 heavy (non-hydrogen) atoms. The first-order chi connectivity index (χ1) is 5.34. The number of benzene rings is 1. The van der Waals surface area contributed by atoms with E-state index in [0.29, 0.717) is 0 Å². The molecule has 0 amide bonds. The van der Waals surface area contributed by atoms with Crippen LogP contribution in [0.2, 0.25) is 0 Å². The lowest BCUT2D eigenvalue weighted by Gasteiger charge is -2.05. The van der Waals surface area contributed by atoms with Crippen molar-refractivity contribution in [1.29, 1.82) is 0 Å². The maximum atomic E-state index is 5.66. The molecule has 0 bridgehead atoms. The molecule has 0 aliphatic heterocycles. The van der Waals surface area contributed by atoms with Gasteiger partial charge in [0.2, 0.25) is 0 Å². The lowest BCUT2D eigenvalue weighted by atomic mass is 10.3. The number of nitrogen functional groups attached to an aromatic ring is 1. The van der Waals surface area contributed by atoms with Gasteiger partial charge < -0.3 is 11.1 Å². The number of hydrogen-bond donors (Lipinski definition) is 2. The van der Waals surface area contributed by atoms with E-state index in [1.54, 1.807) is 6.08 Å². The SMILES string of the molecule is C=CCNc1ccccc1N. The van der Waals surface area contributed by atoms with Crippen LogP contribution >= 0.6 is 0 Å². The zero-order valence-corrected chi connectivity index (χ0v) is 6.38. The van der Waals surface area contributed by atoms with Gasteiger partial charge >= 0.3 is 0 Å². The Balaban J connectivity index is 2.69. The monoisotopic (exact) mass is 148 g/mol.